The topological polar surface area (TPSA) is 0 Å². The molecule has 0 atom stereocenters. The average Bonchev–Trinajstić information content (AvgIpc) is 2.71. The van der Waals surface area contributed by atoms with Crippen molar-refractivity contribution in [1.29, 1.82) is 0 Å². The van der Waals surface area contributed by atoms with E-state index in [1.54, 1.807) is 0 Å². The molecule has 0 spiro atoms. The number of hydrogen-bond acceptors (Lipinski definition) is 0. The van der Waals surface area contributed by atoms with E-state index in [-0.39, 0.29) is 39.3 Å². The molecule has 0 aliphatic heterocycles. The molecule has 0 saturated heterocycles. The van der Waals surface area contributed by atoms with Gasteiger partial charge in [-0.05, 0) is 6.42 Å². The van der Waals surface area contributed by atoms with Crippen LogP contribution in [-0.2, 0) is 39.1 Å². The summed E-state index contributed by atoms with van der Waals surface area (Å²) in [6, 6.07) is 22.5. The van der Waals surface area contributed by atoms with Gasteiger partial charge < -0.3 is 0 Å². The van der Waals surface area contributed by atoms with Gasteiger partial charge in [-0.25, -0.2) is 0 Å². The third-order valence-corrected chi connectivity index (χ3v) is 2.99. The van der Waals surface area contributed by atoms with Gasteiger partial charge in [0.1, 0.15) is 7.28 Å². The normalized spacial score (nSPS) is 8.04. The molecule has 0 nitrogen and oxygen atoms in total. The van der Waals surface area contributed by atoms with E-state index in [9.17, 15) is 0 Å². The fourth-order valence-corrected chi connectivity index (χ4v) is 1.40. The summed E-state index contributed by atoms with van der Waals surface area (Å²) in [6.07, 6.45) is 7.89. The third kappa shape index (κ3) is 17.9. The van der Waals surface area contributed by atoms with E-state index in [1.165, 1.54) is 24.8 Å². The molecule has 0 fully saturated rings. The Hall–Kier alpha value is -0.701. The van der Waals surface area contributed by atoms with Crippen molar-refractivity contribution < 1.29 is 34.1 Å². The number of terminal acetylenes is 1. The molecule has 0 N–H and O–H groups in total. The van der Waals surface area contributed by atoms with E-state index in [0.29, 0.717) is 0 Å². The molecule has 25 heavy (non-hydrogen) atoms. The van der Waals surface area contributed by atoms with Crippen molar-refractivity contribution in [1.82, 2.24) is 0 Å². The molecule has 2 aromatic carbocycles. The van der Waals surface area contributed by atoms with Crippen LogP contribution < -0.4 is 0 Å². The largest absolute Gasteiger partial charge is 0.180 e. The first-order valence-corrected chi connectivity index (χ1v) is 8.08. The number of benzene rings is 2. The minimum atomic E-state index is -0.0370. The minimum absolute atomic E-state index is 0. The van der Waals surface area contributed by atoms with Gasteiger partial charge in [0.05, 0.1) is 0 Å². The van der Waals surface area contributed by atoms with Gasteiger partial charge in [-0.1, -0.05) is 40.7 Å². The summed E-state index contributed by atoms with van der Waals surface area (Å²) in [6.45, 7) is 6.11. The predicted octanol–water partition coefficient (Wildman–Crippen LogP) is 5.03. The van der Waals surface area contributed by atoms with Gasteiger partial charge in [0.15, 0.2) is 6.60 Å². The monoisotopic (exact) mass is 403 g/mol. The quantitative estimate of drug-likeness (QED) is 0.382. The van der Waals surface area contributed by atoms with Crippen LogP contribution in [0.15, 0.2) is 48.5 Å². The van der Waals surface area contributed by atoms with Crippen LogP contribution in [0.1, 0.15) is 33.7 Å². The maximum atomic E-state index is 5.75. The van der Waals surface area contributed by atoms with Crippen LogP contribution in [0.25, 0.3) is 0 Å². The van der Waals surface area contributed by atoms with E-state index in [2.05, 4.69) is 51.1 Å². The van der Waals surface area contributed by atoms with Gasteiger partial charge in [-0.2, -0.15) is 77.6 Å². The minimum Gasteiger partial charge on any atom is -0.180 e. The van der Waals surface area contributed by atoms with Crippen LogP contribution in [0.4, 0.5) is 0 Å². The first-order chi connectivity index (χ1) is 12.2. The van der Waals surface area contributed by atoms with Crippen molar-refractivity contribution in [3.63, 3.8) is 0 Å². The molecule has 2 rings (SSSR count). The van der Waals surface area contributed by atoms with E-state index in [4.69, 9.17) is 15.5 Å². The summed E-state index contributed by atoms with van der Waals surface area (Å²) >= 11 is 0. The van der Waals surface area contributed by atoms with Gasteiger partial charge in [-0.15, -0.1) is 6.42 Å². The molecule has 0 aliphatic carbocycles. The van der Waals surface area contributed by atoms with Crippen LogP contribution >= 0.6 is 0 Å². The summed E-state index contributed by atoms with van der Waals surface area (Å²) < 4.78 is 5.75. The Kier molecular flexibility index (Phi) is 22.6. The zero-order chi connectivity index (χ0) is 19.3. The summed E-state index contributed by atoms with van der Waals surface area (Å²) in [5, 5.41) is 0. The van der Waals surface area contributed by atoms with Crippen LogP contribution in [0.3, 0.4) is 0 Å². The SMILES string of the molecule is C[B]CC.[2H]C.[B]B(C#C)CC.[Y].[c-]1ccccc1Cc1[c-]cccc1. The van der Waals surface area contributed by atoms with Gasteiger partial charge in [0.2, 0.25) is 0 Å². The summed E-state index contributed by atoms with van der Waals surface area (Å²) in [5.74, 6) is 2.39. The van der Waals surface area contributed by atoms with Crippen molar-refractivity contribution in [2.24, 2.45) is 0 Å². The van der Waals surface area contributed by atoms with Gasteiger partial charge in [0.25, 0.3) is 0 Å². The standard InChI is InChI=1S/C13H10.C4H6B2.C3H8B.CH4.Y/c1-3-7-12(8-4-1)11-13-9-5-2-6-10-13;1-3-6(5)4-2;1-3-4-2;;/h1-7,9H,11H2;1H,4H2,2H3;3H2,1-2H3;1H4;/q-2;;;;/i;;;1D;. The fourth-order valence-electron chi connectivity index (χ4n) is 1.40. The van der Waals surface area contributed by atoms with E-state index in [1.807, 2.05) is 43.3 Å². The van der Waals surface area contributed by atoms with Gasteiger partial charge in [0, 0.05) is 41.8 Å². The first-order valence-electron chi connectivity index (χ1n) is 9.08. The maximum absolute atomic E-state index is 5.75. The van der Waals surface area contributed by atoms with Crippen molar-refractivity contribution in [3.05, 3.63) is 71.8 Å². The van der Waals surface area contributed by atoms with Crippen LogP contribution in [0.2, 0.25) is 19.5 Å². The Morgan fingerprint density at radius 3 is 1.80 bits per heavy atom. The fraction of sp³-hybridized carbons (Fsp3) is 0.333. The first kappa shape index (κ1) is 26.5. The van der Waals surface area contributed by atoms with E-state index < -0.39 is 0 Å². The Bertz CT molecular complexity index is 490. The zero-order valence-corrected chi connectivity index (χ0v) is 19.0. The van der Waals surface area contributed by atoms with Crippen molar-refractivity contribution >= 4 is 21.6 Å². The third-order valence-electron chi connectivity index (χ3n) is 2.99. The Morgan fingerprint density at radius 1 is 1.16 bits per heavy atom. The Morgan fingerprint density at radius 2 is 1.60 bits per heavy atom. The molecule has 0 bridgehead atoms. The number of rotatable bonds is 4. The zero-order valence-electron chi connectivity index (χ0n) is 17.1. The van der Waals surface area contributed by atoms with Crippen molar-refractivity contribution in [2.45, 2.75) is 47.1 Å². The molecule has 4 heteroatoms. The second kappa shape index (κ2) is 21.3. The average molecular weight is 403 g/mol. The van der Waals surface area contributed by atoms with Gasteiger partial charge in [-0.3, -0.25) is 0 Å². The van der Waals surface area contributed by atoms with Crippen LogP contribution in [0.5, 0.6) is 0 Å². The summed E-state index contributed by atoms with van der Waals surface area (Å²) in [7, 11) is 8.61. The van der Waals surface area contributed by atoms with Crippen molar-refractivity contribution in [2.75, 3.05) is 0 Å². The molecular formula is C21H28B3Y-2. The molecule has 126 valence electrons. The molecular weight excluding hydrogens is 374 g/mol. The van der Waals surface area contributed by atoms with Crippen LogP contribution in [0, 0.1) is 24.4 Å². The van der Waals surface area contributed by atoms with E-state index in [0.717, 1.165) is 12.7 Å². The molecule has 0 unspecified atom stereocenters. The maximum Gasteiger partial charge on any atom is 0.179 e. The summed E-state index contributed by atoms with van der Waals surface area (Å²) in [4.78, 5) is 0. The van der Waals surface area contributed by atoms with Gasteiger partial charge >= 0.3 is 0 Å². The van der Waals surface area contributed by atoms with E-state index >= 15 is 0 Å². The predicted molar refractivity (Wildman–Crippen MR) is 113 cm³/mol. The molecule has 2 aromatic rings. The molecule has 0 aliphatic rings. The molecule has 0 saturated carbocycles. The second-order valence-electron chi connectivity index (χ2n) is 4.95. The smallest absolute Gasteiger partial charge is 0.179 e. The molecule has 0 heterocycles. The Balaban J connectivity index is -0.000000346. The van der Waals surface area contributed by atoms with Crippen molar-refractivity contribution in [3.8, 4) is 12.2 Å². The molecule has 0 amide bonds. The van der Waals surface area contributed by atoms with Crippen LogP contribution in [-0.4, -0.2) is 21.6 Å². The second-order valence-corrected chi connectivity index (χ2v) is 4.95. The summed E-state index contributed by atoms with van der Waals surface area (Å²) in [5.41, 5.74) is 2.43. The molecule has 4 radical (unpaired) electrons. The molecule has 0 aromatic heterocycles. The Labute approximate surface area is 186 Å². The number of hydrogen-bond donors (Lipinski definition) is 0.